The Kier molecular flexibility index (Phi) is 5.35. The van der Waals surface area contributed by atoms with Crippen molar-refractivity contribution in [1.29, 1.82) is 0 Å². The zero-order valence-electron chi connectivity index (χ0n) is 16.5. The molecule has 0 saturated carbocycles. The number of hydrogen-bond acceptors (Lipinski definition) is 5. The van der Waals surface area contributed by atoms with Crippen molar-refractivity contribution in [3.63, 3.8) is 0 Å². The van der Waals surface area contributed by atoms with Gasteiger partial charge in [-0.3, -0.25) is 24.1 Å². The van der Waals surface area contributed by atoms with Crippen molar-refractivity contribution in [3.8, 4) is 0 Å². The van der Waals surface area contributed by atoms with Crippen LogP contribution in [0.4, 0.5) is 5.69 Å². The van der Waals surface area contributed by atoms with Crippen LogP contribution in [0.25, 0.3) is 10.8 Å². The molecule has 2 aromatic rings. The number of esters is 1. The van der Waals surface area contributed by atoms with Gasteiger partial charge in [0.15, 0.2) is 6.10 Å². The molecule has 4 rings (SSSR count). The number of imide groups is 1. The quantitative estimate of drug-likeness (QED) is 0.468. The molecule has 1 N–H and O–H groups in total. The van der Waals surface area contributed by atoms with Crippen molar-refractivity contribution < 1.29 is 23.9 Å². The minimum atomic E-state index is -1.07. The number of nitrogens with one attached hydrogen (secondary N) is 1. The van der Waals surface area contributed by atoms with Crippen LogP contribution in [-0.4, -0.2) is 41.2 Å². The molecule has 3 atom stereocenters. The molecular formula is C23H22N2O5. The largest absolute Gasteiger partial charge is 0.451 e. The standard InChI is InChI=1S/C23H22N2O5/c1-14(21(27)24-17-11-10-15-6-2-3-7-16(15)12-17)30-20(26)13-25-22(28)18-8-4-5-9-19(18)23(25)29/h2-7,10-12,14,18-19H,8-9,13H2,1H3,(H,24,27)/t14-,18+,19+/m1/s1. The van der Waals surface area contributed by atoms with Crippen molar-refractivity contribution in [2.24, 2.45) is 11.8 Å². The molecule has 3 amide bonds. The number of ether oxygens (including phenoxy) is 1. The molecule has 0 spiro atoms. The number of likely N-dealkylation sites (tertiary alicyclic amines) is 1. The summed E-state index contributed by atoms with van der Waals surface area (Å²) < 4.78 is 5.17. The summed E-state index contributed by atoms with van der Waals surface area (Å²) in [4.78, 5) is 50.5. The van der Waals surface area contributed by atoms with Crippen LogP contribution in [0.2, 0.25) is 0 Å². The SMILES string of the molecule is C[C@@H](OC(=O)CN1C(=O)[C@H]2CC=CC[C@@H]2C1=O)C(=O)Nc1ccc2ccccc2c1. The fourth-order valence-electron chi connectivity index (χ4n) is 3.95. The van der Waals surface area contributed by atoms with Gasteiger partial charge in [0.1, 0.15) is 6.54 Å². The third-order valence-corrected chi connectivity index (χ3v) is 5.58. The van der Waals surface area contributed by atoms with E-state index in [0.29, 0.717) is 18.5 Å². The van der Waals surface area contributed by atoms with Gasteiger partial charge in [-0.15, -0.1) is 0 Å². The van der Waals surface area contributed by atoms with Gasteiger partial charge < -0.3 is 10.1 Å². The lowest BCUT2D eigenvalue weighted by Gasteiger charge is -2.17. The maximum atomic E-state index is 12.4. The molecule has 1 heterocycles. The average Bonchev–Trinajstić information content (AvgIpc) is 2.98. The summed E-state index contributed by atoms with van der Waals surface area (Å²) in [5.41, 5.74) is 0.586. The number of hydrogen-bond donors (Lipinski definition) is 1. The van der Waals surface area contributed by atoms with Crippen LogP contribution in [0, 0.1) is 11.8 Å². The van der Waals surface area contributed by atoms with E-state index in [9.17, 15) is 19.2 Å². The van der Waals surface area contributed by atoms with Gasteiger partial charge in [0.25, 0.3) is 5.91 Å². The summed E-state index contributed by atoms with van der Waals surface area (Å²) in [6.07, 6.45) is 3.71. The highest BCUT2D eigenvalue weighted by Gasteiger charge is 2.47. The molecule has 1 fully saturated rings. The molecule has 0 bridgehead atoms. The molecule has 0 radical (unpaired) electrons. The van der Waals surface area contributed by atoms with Gasteiger partial charge in [-0.05, 0) is 42.7 Å². The van der Waals surface area contributed by atoms with Crippen LogP contribution in [0.5, 0.6) is 0 Å². The molecule has 154 valence electrons. The highest BCUT2D eigenvalue weighted by molar-refractivity contribution is 6.07. The van der Waals surface area contributed by atoms with Gasteiger partial charge in [0.05, 0.1) is 11.8 Å². The summed E-state index contributed by atoms with van der Waals surface area (Å²) >= 11 is 0. The topological polar surface area (TPSA) is 92.8 Å². The van der Waals surface area contributed by atoms with E-state index in [1.54, 1.807) is 6.07 Å². The number of allylic oxidation sites excluding steroid dienone is 2. The number of anilines is 1. The summed E-state index contributed by atoms with van der Waals surface area (Å²) in [6, 6.07) is 13.2. The molecule has 0 unspecified atom stereocenters. The molecule has 7 nitrogen and oxygen atoms in total. The number of rotatable bonds is 5. The van der Waals surface area contributed by atoms with Gasteiger partial charge in [-0.1, -0.05) is 42.5 Å². The second-order valence-electron chi connectivity index (χ2n) is 7.60. The molecule has 1 aliphatic carbocycles. The van der Waals surface area contributed by atoms with E-state index >= 15 is 0 Å². The van der Waals surface area contributed by atoms with E-state index in [1.165, 1.54) is 6.92 Å². The number of carbonyl (C=O) groups excluding carboxylic acids is 4. The zero-order valence-corrected chi connectivity index (χ0v) is 16.5. The Morgan fingerprint density at radius 3 is 2.33 bits per heavy atom. The average molecular weight is 406 g/mol. The van der Waals surface area contributed by atoms with Gasteiger partial charge in [0, 0.05) is 5.69 Å². The molecular weight excluding hydrogens is 384 g/mol. The van der Waals surface area contributed by atoms with Gasteiger partial charge in [-0.25, -0.2) is 0 Å². The molecule has 1 aliphatic heterocycles. The molecule has 7 heteroatoms. The van der Waals surface area contributed by atoms with Gasteiger partial charge in [0.2, 0.25) is 11.8 Å². The summed E-state index contributed by atoms with van der Waals surface area (Å²) in [5, 5.41) is 4.74. The lowest BCUT2D eigenvalue weighted by Crippen LogP contribution is -2.39. The monoisotopic (exact) mass is 406 g/mol. The zero-order chi connectivity index (χ0) is 21.3. The maximum Gasteiger partial charge on any atom is 0.326 e. The normalized spacial score (nSPS) is 21.4. The maximum absolute atomic E-state index is 12.4. The van der Waals surface area contributed by atoms with E-state index < -0.39 is 36.4 Å². The second-order valence-corrected chi connectivity index (χ2v) is 7.60. The van der Waals surface area contributed by atoms with E-state index in [0.717, 1.165) is 15.7 Å². The minimum absolute atomic E-state index is 0.348. The van der Waals surface area contributed by atoms with Crippen LogP contribution >= 0.6 is 0 Å². The highest BCUT2D eigenvalue weighted by atomic mass is 16.5. The molecule has 0 aromatic heterocycles. The lowest BCUT2D eigenvalue weighted by atomic mass is 9.85. The summed E-state index contributed by atoms with van der Waals surface area (Å²) in [6.45, 7) is 0.976. The van der Waals surface area contributed by atoms with E-state index in [-0.39, 0.29) is 11.8 Å². The second kappa shape index (κ2) is 8.10. The predicted molar refractivity (Wildman–Crippen MR) is 110 cm³/mol. The number of nitrogens with zero attached hydrogens (tertiary/aromatic N) is 1. The first-order chi connectivity index (χ1) is 14.4. The van der Waals surface area contributed by atoms with E-state index in [1.807, 2.05) is 48.6 Å². The van der Waals surface area contributed by atoms with Crippen LogP contribution in [0.15, 0.2) is 54.6 Å². The third kappa shape index (κ3) is 3.83. The number of carbonyl (C=O) groups is 4. The number of fused-ring (bicyclic) bond motifs is 2. The van der Waals surface area contributed by atoms with E-state index in [2.05, 4.69) is 5.32 Å². The molecule has 2 aromatic carbocycles. The van der Waals surface area contributed by atoms with Gasteiger partial charge >= 0.3 is 5.97 Å². The van der Waals surface area contributed by atoms with E-state index in [4.69, 9.17) is 4.74 Å². The lowest BCUT2D eigenvalue weighted by molar-refractivity contribution is -0.158. The minimum Gasteiger partial charge on any atom is -0.451 e. The Labute approximate surface area is 173 Å². The highest BCUT2D eigenvalue weighted by Crippen LogP contribution is 2.34. The van der Waals surface area contributed by atoms with Crippen molar-refractivity contribution in [2.75, 3.05) is 11.9 Å². The fourth-order valence-corrected chi connectivity index (χ4v) is 3.95. The Balaban J connectivity index is 1.34. The Morgan fingerprint density at radius 2 is 1.67 bits per heavy atom. The van der Waals surface area contributed by atoms with Crippen molar-refractivity contribution in [1.82, 2.24) is 4.90 Å². The first kappa shape index (κ1) is 19.8. The van der Waals surface area contributed by atoms with Crippen LogP contribution < -0.4 is 5.32 Å². The first-order valence-corrected chi connectivity index (χ1v) is 9.93. The molecule has 30 heavy (non-hydrogen) atoms. The van der Waals surface area contributed by atoms with Crippen LogP contribution in [0.3, 0.4) is 0 Å². The Morgan fingerprint density at radius 1 is 1.03 bits per heavy atom. The van der Waals surface area contributed by atoms with Crippen molar-refractivity contribution >= 4 is 40.2 Å². The van der Waals surface area contributed by atoms with Crippen LogP contribution in [0.1, 0.15) is 19.8 Å². The third-order valence-electron chi connectivity index (χ3n) is 5.58. The first-order valence-electron chi connectivity index (χ1n) is 9.93. The molecule has 2 aliphatic rings. The van der Waals surface area contributed by atoms with Crippen LogP contribution in [-0.2, 0) is 23.9 Å². The fraction of sp³-hybridized carbons (Fsp3) is 0.304. The Hall–Kier alpha value is -3.48. The Bertz CT molecular complexity index is 1030. The van der Waals surface area contributed by atoms with Crippen molar-refractivity contribution in [3.05, 3.63) is 54.6 Å². The summed E-state index contributed by atoms with van der Waals surface area (Å²) in [7, 11) is 0. The number of amides is 3. The van der Waals surface area contributed by atoms with Gasteiger partial charge in [-0.2, -0.15) is 0 Å². The predicted octanol–water partition coefficient (Wildman–Crippen LogP) is 2.66. The molecule has 1 saturated heterocycles. The van der Waals surface area contributed by atoms with Crippen molar-refractivity contribution in [2.45, 2.75) is 25.9 Å². The smallest absolute Gasteiger partial charge is 0.326 e. The number of benzene rings is 2. The summed E-state index contributed by atoms with van der Waals surface area (Å²) in [5.74, 6) is -2.77.